The number of anilines is 1. The molecule has 1 aliphatic carbocycles. The van der Waals surface area contributed by atoms with Crippen molar-refractivity contribution in [3.63, 3.8) is 0 Å². The van der Waals surface area contributed by atoms with Crippen molar-refractivity contribution >= 4 is 35.0 Å². The van der Waals surface area contributed by atoms with Gasteiger partial charge in [-0.25, -0.2) is 4.79 Å². The van der Waals surface area contributed by atoms with Gasteiger partial charge in [-0.2, -0.15) is 0 Å². The normalized spacial score (nSPS) is 19.6. The number of hydrogen-bond acceptors (Lipinski definition) is 6. The fraction of sp³-hybridized carbons (Fsp3) is 0.588. The summed E-state index contributed by atoms with van der Waals surface area (Å²) in [5.74, 6) is 1.34. The lowest BCUT2D eigenvalue weighted by atomic mass is 9.93. The third-order valence-electron chi connectivity index (χ3n) is 4.32. The fourth-order valence-electron chi connectivity index (χ4n) is 2.93. The lowest BCUT2D eigenvalue weighted by molar-refractivity contribution is -0.527. The average molecular weight is 405 g/mol. The van der Waals surface area contributed by atoms with Gasteiger partial charge < -0.3 is 14.4 Å². The first-order valence-electron chi connectivity index (χ1n) is 8.52. The molecule has 26 heavy (non-hydrogen) atoms. The number of nitro groups is 1. The number of carbonyl (C=O) groups is 1. The van der Waals surface area contributed by atoms with E-state index >= 15 is 0 Å². The van der Waals surface area contributed by atoms with E-state index in [0.29, 0.717) is 56.3 Å². The molecule has 0 atom stereocenters. The van der Waals surface area contributed by atoms with E-state index in [-0.39, 0.29) is 11.0 Å². The van der Waals surface area contributed by atoms with Crippen LogP contribution in [0, 0.1) is 10.1 Å². The van der Waals surface area contributed by atoms with Crippen LogP contribution in [0.5, 0.6) is 5.75 Å². The molecule has 1 aromatic carbocycles. The summed E-state index contributed by atoms with van der Waals surface area (Å²) in [4.78, 5) is 24.4. The van der Waals surface area contributed by atoms with Crippen molar-refractivity contribution in [1.82, 2.24) is 0 Å². The van der Waals surface area contributed by atoms with Crippen molar-refractivity contribution in [1.29, 1.82) is 0 Å². The van der Waals surface area contributed by atoms with Gasteiger partial charge in [0.25, 0.3) is 0 Å². The molecule has 1 aromatic rings. The van der Waals surface area contributed by atoms with Crippen LogP contribution in [0.4, 0.5) is 10.5 Å². The highest BCUT2D eigenvalue weighted by Crippen LogP contribution is 2.24. The van der Waals surface area contributed by atoms with Crippen LogP contribution in [-0.4, -0.2) is 48.1 Å². The Balaban J connectivity index is 1.83. The van der Waals surface area contributed by atoms with Gasteiger partial charge in [0.1, 0.15) is 11.9 Å². The molecule has 0 unspecified atom stereocenters. The van der Waals surface area contributed by atoms with Crippen molar-refractivity contribution in [2.24, 2.45) is 0 Å². The minimum absolute atomic E-state index is 0.270. The van der Waals surface area contributed by atoms with Gasteiger partial charge in [0.2, 0.25) is 6.04 Å². The van der Waals surface area contributed by atoms with Crippen molar-refractivity contribution in [2.45, 2.75) is 37.8 Å². The molecule has 0 N–H and O–H groups in total. The molecule has 2 rings (SSSR count). The molecule has 1 fully saturated rings. The van der Waals surface area contributed by atoms with E-state index in [9.17, 15) is 14.9 Å². The summed E-state index contributed by atoms with van der Waals surface area (Å²) >= 11 is 11.6. The maximum Gasteiger partial charge on any atom is 0.514 e. The van der Waals surface area contributed by atoms with Gasteiger partial charge in [-0.1, -0.05) is 0 Å². The number of ether oxygens (including phenoxy) is 2. The van der Waals surface area contributed by atoms with Gasteiger partial charge in [-0.05, 0) is 37.1 Å². The number of alkyl halides is 2. The molecule has 0 spiro atoms. The number of nitrogens with zero attached hydrogens (tertiary/aromatic N) is 2. The SMILES string of the molecule is O=C(Oc1ccc(N(CCCl)CCCl)cc1)OC1CCC([N+](=O)[O-])CC1. The van der Waals surface area contributed by atoms with Crippen molar-refractivity contribution < 1.29 is 19.2 Å². The minimum atomic E-state index is -0.791. The number of benzene rings is 1. The first kappa shape index (κ1) is 20.6. The summed E-state index contributed by atoms with van der Waals surface area (Å²) in [7, 11) is 0. The van der Waals surface area contributed by atoms with E-state index in [4.69, 9.17) is 32.7 Å². The molecular weight excluding hydrogens is 383 g/mol. The lowest BCUT2D eigenvalue weighted by Gasteiger charge is -2.24. The molecule has 0 radical (unpaired) electrons. The summed E-state index contributed by atoms with van der Waals surface area (Å²) in [6.45, 7) is 1.34. The first-order chi connectivity index (χ1) is 12.5. The zero-order valence-electron chi connectivity index (χ0n) is 14.3. The third-order valence-corrected chi connectivity index (χ3v) is 4.65. The van der Waals surface area contributed by atoms with Crippen LogP contribution in [0.15, 0.2) is 24.3 Å². The van der Waals surface area contributed by atoms with Gasteiger partial charge >= 0.3 is 6.16 Å². The highest BCUT2D eigenvalue weighted by molar-refractivity contribution is 6.18. The summed E-state index contributed by atoms with van der Waals surface area (Å²) in [6, 6.07) is 6.46. The van der Waals surface area contributed by atoms with Crippen LogP contribution in [-0.2, 0) is 4.74 Å². The van der Waals surface area contributed by atoms with Crippen LogP contribution < -0.4 is 9.64 Å². The third kappa shape index (κ3) is 6.21. The topological polar surface area (TPSA) is 81.9 Å². The number of halogens is 2. The largest absolute Gasteiger partial charge is 0.514 e. The van der Waals surface area contributed by atoms with Crippen LogP contribution in [0.1, 0.15) is 25.7 Å². The Labute approximate surface area is 162 Å². The fourth-order valence-corrected chi connectivity index (χ4v) is 3.34. The molecule has 1 saturated carbocycles. The second kappa shape index (κ2) is 10.4. The van der Waals surface area contributed by atoms with Crippen molar-refractivity contribution in [3.05, 3.63) is 34.4 Å². The van der Waals surface area contributed by atoms with Crippen LogP contribution in [0.3, 0.4) is 0 Å². The summed E-state index contributed by atoms with van der Waals surface area (Å²) < 4.78 is 10.4. The maximum absolute atomic E-state index is 11.9. The maximum atomic E-state index is 11.9. The molecule has 0 bridgehead atoms. The van der Waals surface area contributed by atoms with E-state index < -0.39 is 12.2 Å². The van der Waals surface area contributed by atoms with Crippen LogP contribution in [0.2, 0.25) is 0 Å². The summed E-state index contributed by atoms with van der Waals surface area (Å²) in [5, 5.41) is 10.7. The Hall–Kier alpha value is -1.73. The quantitative estimate of drug-likeness (QED) is 0.213. The highest BCUT2D eigenvalue weighted by Gasteiger charge is 2.30. The van der Waals surface area contributed by atoms with Gasteiger partial charge in [0.05, 0.1) is 0 Å². The zero-order valence-corrected chi connectivity index (χ0v) is 15.8. The second-order valence-corrected chi connectivity index (χ2v) is 6.80. The van der Waals surface area contributed by atoms with Crippen LogP contribution >= 0.6 is 23.2 Å². The Morgan fingerprint density at radius 2 is 1.69 bits per heavy atom. The second-order valence-electron chi connectivity index (χ2n) is 6.04. The Bertz CT molecular complexity index is 585. The molecule has 7 nitrogen and oxygen atoms in total. The molecule has 0 heterocycles. The molecule has 0 saturated heterocycles. The predicted octanol–water partition coefficient (Wildman–Crippen LogP) is 4.07. The summed E-state index contributed by atoms with van der Waals surface area (Å²) in [6.07, 6.45) is 0.658. The van der Waals surface area contributed by atoms with E-state index in [1.807, 2.05) is 17.0 Å². The van der Waals surface area contributed by atoms with Gasteiger partial charge in [0.15, 0.2) is 0 Å². The lowest BCUT2D eigenvalue weighted by Crippen LogP contribution is -2.31. The molecular formula is C17H22Cl2N2O5. The van der Waals surface area contributed by atoms with E-state index in [2.05, 4.69) is 0 Å². The average Bonchev–Trinajstić information content (AvgIpc) is 2.62. The number of hydrogen-bond donors (Lipinski definition) is 0. The van der Waals surface area contributed by atoms with Gasteiger partial charge in [-0.15, -0.1) is 23.2 Å². The Kier molecular flexibility index (Phi) is 8.25. The van der Waals surface area contributed by atoms with E-state index in [1.165, 1.54) is 0 Å². The van der Waals surface area contributed by atoms with Crippen LogP contribution in [0.25, 0.3) is 0 Å². The van der Waals surface area contributed by atoms with Crippen molar-refractivity contribution in [3.8, 4) is 5.75 Å². The Morgan fingerprint density at radius 1 is 1.12 bits per heavy atom. The monoisotopic (exact) mass is 404 g/mol. The molecule has 1 aliphatic rings. The first-order valence-corrected chi connectivity index (χ1v) is 9.59. The predicted molar refractivity (Wildman–Crippen MR) is 100 cm³/mol. The van der Waals surface area contributed by atoms with Gasteiger partial charge in [-0.3, -0.25) is 10.1 Å². The minimum Gasteiger partial charge on any atom is -0.431 e. The Morgan fingerprint density at radius 3 is 2.19 bits per heavy atom. The number of carbonyl (C=O) groups excluding carboxylic acids is 1. The standard InChI is InChI=1S/C17H22Cl2N2O5/c18-9-11-20(12-10-19)13-1-5-15(6-2-13)25-17(22)26-16-7-3-14(4-8-16)21(23)24/h1-2,5-6,14,16H,3-4,7-12H2. The molecule has 144 valence electrons. The smallest absolute Gasteiger partial charge is 0.431 e. The number of rotatable bonds is 8. The summed E-state index contributed by atoms with van der Waals surface area (Å²) in [5.41, 5.74) is 0.935. The van der Waals surface area contributed by atoms with Gasteiger partial charge in [0, 0.05) is 48.3 Å². The molecule has 0 aliphatic heterocycles. The highest BCUT2D eigenvalue weighted by atomic mass is 35.5. The van der Waals surface area contributed by atoms with Crippen molar-refractivity contribution in [2.75, 3.05) is 29.7 Å². The molecule has 0 aromatic heterocycles. The molecule has 0 amide bonds. The molecule has 9 heteroatoms. The zero-order chi connectivity index (χ0) is 18.9. The van der Waals surface area contributed by atoms with E-state index in [0.717, 1.165) is 5.69 Å². The van der Waals surface area contributed by atoms with E-state index in [1.54, 1.807) is 12.1 Å².